The highest BCUT2D eigenvalue weighted by Crippen LogP contribution is 2.38. The third kappa shape index (κ3) is 3.41. The van der Waals surface area contributed by atoms with E-state index in [-0.39, 0.29) is 18.2 Å². The van der Waals surface area contributed by atoms with Gasteiger partial charge in [0.05, 0.1) is 25.2 Å². The van der Waals surface area contributed by atoms with Gasteiger partial charge in [0.1, 0.15) is 11.5 Å². The summed E-state index contributed by atoms with van der Waals surface area (Å²) in [5, 5.41) is -0.505. The fraction of sp³-hybridized carbons (Fsp3) is 0.222. The maximum atomic E-state index is 12.8. The second kappa shape index (κ2) is 7.06. The lowest BCUT2D eigenvalue weighted by Gasteiger charge is -2.17. The molecule has 2 aromatic rings. The average molecular weight is 358 g/mol. The first-order chi connectivity index (χ1) is 12.0. The highest BCUT2D eigenvalue weighted by atomic mass is 32.2. The minimum atomic E-state index is -0.505. The fourth-order valence-electron chi connectivity index (χ4n) is 2.63. The summed E-state index contributed by atoms with van der Waals surface area (Å²) in [4.78, 5) is 27.2. The van der Waals surface area contributed by atoms with E-state index < -0.39 is 5.25 Å². The number of rotatable bonds is 5. The monoisotopic (exact) mass is 358 g/mol. The molecule has 1 unspecified atom stereocenters. The standard InChI is InChI=1S/C18H18N2O4S/c1-23-12-7-11(8-13(9-12)24-2)20-17(21)10-16(18(20)22)25-15-6-4-3-5-14(15)19/h3-9,16H,10,19H2,1-2H3. The van der Waals surface area contributed by atoms with Gasteiger partial charge < -0.3 is 15.2 Å². The molecule has 0 saturated carbocycles. The first-order valence-electron chi connectivity index (χ1n) is 7.64. The van der Waals surface area contributed by atoms with Gasteiger partial charge in [0, 0.05) is 35.2 Å². The Morgan fingerprint density at radius 2 is 1.72 bits per heavy atom. The summed E-state index contributed by atoms with van der Waals surface area (Å²) in [5.74, 6) is 0.498. The minimum Gasteiger partial charge on any atom is -0.497 e. The Hall–Kier alpha value is -2.67. The highest BCUT2D eigenvalue weighted by molar-refractivity contribution is 8.00. The smallest absolute Gasteiger partial charge is 0.247 e. The summed E-state index contributed by atoms with van der Waals surface area (Å²) in [6, 6.07) is 12.3. The van der Waals surface area contributed by atoms with Crippen LogP contribution in [0.25, 0.3) is 0 Å². The van der Waals surface area contributed by atoms with Gasteiger partial charge in [-0.2, -0.15) is 0 Å². The molecule has 130 valence electrons. The lowest BCUT2D eigenvalue weighted by molar-refractivity contribution is -0.121. The van der Waals surface area contributed by atoms with Crippen LogP contribution in [0.3, 0.4) is 0 Å². The lowest BCUT2D eigenvalue weighted by atomic mass is 10.2. The zero-order valence-electron chi connectivity index (χ0n) is 13.9. The molecule has 7 heteroatoms. The molecule has 0 aliphatic carbocycles. The van der Waals surface area contributed by atoms with Gasteiger partial charge in [-0.1, -0.05) is 12.1 Å². The van der Waals surface area contributed by atoms with Crippen LogP contribution in [-0.2, 0) is 9.59 Å². The van der Waals surface area contributed by atoms with Gasteiger partial charge in [-0.05, 0) is 12.1 Å². The van der Waals surface area contributed by atoms with Crippen molar-refractivity contribution in [3.63, 3.8) is 0 Å². The molecule has 1 fully saturated rings. The Morgan fingerprint density at radius 1 is 1.08 bits per heavy atom. The predicted molar refractivity (Wildman–Crippen MR) is 97.2 cm³/mol. The van der Waals surface area contributed by atoms with Crippen LogP contribution in [0.5, 0.6) is 11.5 Å². The molecule has 1 saturated heterocycles. The van der Waals surface area contributed by atoms with Crippen LogP contribution >= 0.6 is 11.8 Å². The third-order valence-corrected chi connectivity index (χ3v) is 5.17. The normalized spacial score (nSPS) is 17.0. The summed E-state index contributed by atoms with van der Waals surface area (Å²) in [7, 11) is 3.03. The van der Waals surface area contributed by atoms with Gasteiger partial charge in [-0.25, -0.2) is 4.90 Å². The predicted octanol–water partition coefficient (Wildman–Crippen LogP) is 2.71. The summed E-state index contributed by atoms with van der Waals surface area (Å²) < 4.78 is 10.4. The van der Waals surface area contributed by atoms with E-state index in [4.69, 9.17) is 15.2 Å². The molecule has 1 atom stereocenters. The molecular weight excluding hydrogens is 340 g/mol. The number of para-hydroxylation sites is 1. The van der Waals surface area contributed by atoms with E-state index >= 15 is 0 Å². The first-order valence-corrected chi connectivity index (χ1v) is 8.52. The molecular formula is C18H18N2O4S. The number of carbonyl (C=O) groups is 2. The van der Waals surface area contributed by atoms with E-state index in [1.54, 1.807) is 24.3 Å². The van der Waals surface area contributed by atoms with Crippen LogP contribution in [-0.4, -0.2) is 31.3 Å². The number of thioether (sulfide) groups is 1. The number of nitrogens with two attached hydrogens (primary N) is 1. The van der Waals surface area contributed by atoms with Gasteiger partial charge >= 0.3 is 0 Å². The van der Waals surface area contributed by atoms with Gasteiger partial charge in [0.15, 0.2) is 0 Å². The molecule has 1 aliphatic rings. The van der Waals surface area contributed by atoms with Crippen molar-refractivity contribution < 1.29 is 19.1 Å². The van der Waals surface area contributed by atoms with Crippen LogP contribution in [0, 0.1) is 0 Å². The van der Waals surface area contributed by atoms with Crippen molar-refractivity contribution in [3.05, 3.63) is 42.5 Å². The van der Waals surface area contributed by atoms with Crippen molar-refractivity contribution in [2.45, 2.75) is 16.6 Å². The number of anilines is 2. The number of imide groups is 1. The maximum absolute atomic E-state index is 12.8. The molecule has 25 heavy (non-hydrogen) atoms. The number of methoxy groups -OCH3 is 2. The minimum absolute atomic E-state index is 0.122. The number of carbonyl (C=O) groups excluding carboxylic acids is 2. The van der Waals surface area contributed by atoms with Gasteiger partial charge in [0.25, 0.3) is 0 Å². The Balaban J connectivity index is 1.88. The second-order valence-electron chi connectivity index (χ2n) is 5.49. The van der Waals surface area contributed by atoms with Gasteiger partial charge in [0.2, 0.25) is 11.8 Å². The average Bonchev–Trinajstić information content (AvgIpc) is 2.90. The SMILES string of the molecule is COc1cc(OC)cc(N2C(=O)CC(Sc3ccccc3N)C2=O)c1. The number of benzene rings is 2. The van der Waals surface area contributed by atoms with Crippen molar-refractivity contribution in [1.82, 2.24) is 0 Å². The van der Waals surface area contributed by atoms with E-state index in [1.165, 1.54) is 30.9 Å². The number of nitrogen functional groups attached to an aromatic ring is 1. The molecule has 0 radical (unpaired) electrons. The lowest BCUT2D eigenvalue weighted by Crippen LogP contribution is -2.31. The van der Waals surface area contributed by atoms with Crippen molar-refractivity contribution in [3.8, 4) is 11.5 Å². The Labute approximate surface area is 149 Å². The molecule has 2 N–H and O–H groups in total. The number of hydrogen-bond donors (Lipinski definition) is 1. The Kier molecular flexibility index (Phi) is 4.85. The van der Waals surface area contributed by atoms with Gasteiger partial charge in [-0.15, -0.1) is 11.8 Å². The Morgan fingerprint density at radius 3 is 2.32 bits per heavy atom. The van der Waals surface area contributed by atoms with E-state index in [0.717, 1.165) is 4.90 Å². The van der Waals surface area contributed by atoms with Crippen LogP contribution < -0.4 is 20.1 Å². The molecule has 2 aromatic carbocycles. The van der Waals surface area contributed by atoms with Crippen LogP contribution in [0.2, 0.25) is 0 Å². The molecule has 3 rings (SSSR count). The molecule has 6 nitrogen and oxygen atoms in total. The second-order valence-corrected chi connectivity index (χ2v) is 6.73. The molecule has 0 aromatic heterocycles. The van der Waals surface area contributed by atoms with Gasteiger partial charge in [-0.3, -0.25) is 9.59 Å². The van der Waals surface area contributed by atoms with Crippen molar-refractivity contribution >= 4 is 35.0 Å². The molecule has 2 amide bonds. The van der Waals surface area contributed by atoms with Crippen molar-refractivity contribution in [2.24, 2.45) is 0 Å². The quantitative estimate of drug-likeness (QED) is 0.654. The summed E-state index contributed by atoms with van der Waals surface area (Å²) >= 11 is 1.31. The van der Waals surface area contributed by atoms with Crippen molar-refractivity contribution in [2.75, 3.05) is 24.9 Å². The first kappa shape index (κ1) is 17.2. The molecule has 0 bridgehead atoms. The summed E-state index contributed by atoms with van der Waals surface area (Å²) in [5.41, 5.74) is 6.97. The van der Waals surface area contributed by atoms with E-state index in [1.807, 2.05) is 18.2 Å². The zero-order chi connectivity index (χ0) is 18.0. The van der Waals surface area contributed by atoms with E-state index in [0.29, 0.717) is 22.9 Å². The van der Waals surface area contributed by atoms with Crippen LogP contribution in [0.4, 0.5) is 11.4 Å². The summed E-state index contributed by atoms with van der Waals surface area (Å²) in [6.45, 7) is 0. The topological polar surface area (TPSA) is 81.9 Å². The number of hydrogen-bond acceptors (Lipinski definition) is 6. The van der Waals surface area contributed by atoms with Crippen LogP contribution in [0.1, 0.15) is 6.42 Å². The highest BCUT2D eigenvalue weighted by Gasteiger charge is 2.40. The van der Waals surface area contributed by atoms with Crippen molar-refractivity contribution in [1.29, 1.82) is 0 Å². The fourth-order valence-corrected chi connectivity index (χ4v) is 3.73. The zero-order valence-corrected chi connectivity index (χ0v) is 14.7. The molecule has 0 spiro atoms. The van der Waals surface area contributed by atoms with Crippen LogP contribution in [0.15, 0.2) is 47.4 Å². The Bertz CT molecular complexity index is 802. The number of amides is 2. The largest absolute Gasteiger partial charge is 0.497 e. The molecule has 1 heterocycles. The third-order valence-electron chi connectivity index (χ3n) is 3.89. The summed E-state index contributed by atoms with van der Waals surface area (Å²) in [6.07, 6.45) is 0.122. The number of ether oxygens (including phenoxy) is 2. The van der Waals surface area contributed by atoms with E-state index in [2.05, 4.69) is 0 Å². The number of nitrogens with zero attached hydrogens (tertiary/aromatic N) is 1. The molecule has 1 aliphatic heterocycles. The van der Waals surface area contributed by atoms with E-state index in [9.17, 15) is 9.59 Å². The maximum Gasteiger partial charge on any atom is 0.247 e.